The molecule has 4 aromatic rings. The smallest absolute Gasteiger partial charge is 0.414 e. The van der Waals surface area contributed by atoms with Gasteiger partial charge in [-0.3, -0.25) is 0 Å². The van der Waals surface area contributed by atoms with Crippen LogP contribution in [0.2, 0.25) is 5.02 Å². The molecule has 0 bridgehead atoms. The molecule has 3 aromatic carbocycles. The number of aromatic nitrogens is 2. The van der Waals surface area contributed by atoms with Crippen LogP contribution in [0.15, 0.2) is 85.1 Å². The summed E-state index contributed by atoms with van der Waals surface area (Å²) in [5.41, 5.74) is 5.77. The zero-order valence-electron chi connectivity index (χ0n) is 17.8. The highest BCUT2D eigenvalue weighted by molar-refractivity contribution is 6.30. The predicted molar refractivity (Wildman–Crippen MR) is 128 cm³/mol. The Morgan fingerprint density at radius 1 is 0.879 bits per heavy atom. The molecule has 0 aliphatic rings. The first-order valence-corrected chi connectivity index (χ1v) is 10.3. The van der Waals surface area contributed by atoms with Gasteiger partial charge in [0.1, 0.15) is 0 Å². The maximum atomic E-state index is 9.10. The van der Waals surface area contributed by atoms with Gasteiger partial charge < -0.3 is 20.1 Å². The van der Waals surface area contributed by atoms with Crippen LogP contribution in [0.25, 0.3) is 22.4 Å². The van der Waals surface area contributed by atoms with Crippen LogP contribution in [0.5, 0.6) is 0 Å². The van der Waals surface area contributed by atoms with Gasteiger partial charge in [0.05, 0.1) is 11.9 Å². The number of hydrogen-bond acceptors (Lipinski definition) is 4. The summed E-state index contributed by atoms with van der Waals surface area (Å²) in [5.74, 6) is -2.82. The fourth-order valence-corrected chi connectivity index (χ4v) is 3.35. The average molecular weight is 464 g/mol. The Hall–Kier alpha value is -4.10. The maximum Gasteiger partial charge on any atom is 0.414 e. The molecular formula is C25H22ClN3O4. The van der Waals surface area contributed by atoms with E-state index in [4.69, 9.17) is 31.4 Å². The highest BCUT2D eigenvalue weighted by Crippen LogP contribution is 2.26. The predicted octanol–water partition coefficient (Wildman–Crippen LogP) is 5.18. The summed E-state index contributed by atoms with van der Waals surface area (Å²) in [5, 5.41) is 18.9. The Balaban J connectivity index is 0.000000454. The average Bonchev–Trinajstić information content (AvgIpc) is 3.19. The first-order chi connectivity index (χ1) is 15.8. The standard InChI is InChI=1S/C23H20ClN3.C2H2O4/c1-27-22(16-26-23(27)25-15-17-6-5-9-21(24)14-17)20-12-10-19(11-13-20)18-7-3-2-4-8-18;3-1(4)2(5)6/h2-14,16H,15H2,1H3,(H,25,26);(H,3,4)(H,5,6). The molecule has 0 spiro atoms. The molecule has 1 aromatic heterocycles. The number of anilines is 1. The second kappa shape index (κ2) is 11.0. The SMILES string of the molecule is Cn1c(-c2ccc(-c3ccccc3)cc2)cnc1NCc1cccc(Cl)c1.O=C(O)C(=O)O. The van der Waals surface area contributed by atoms with Gasteiger partial charge in [-0.1, -0.05) is 78.3 Å². The van der Waals surface area contributed by atoms with E-state index >= 15 is 0 Å². The second-order valence-corrected chi connectivity index (χ2v) is 7.50. The Morgan fingerprint density at radius 3 is 2.09 bits per heavy atom. The summed E-state index contributed by atoms with van der Waals surface area (Å²) in [7, 11) is 2.02. The van der Waals surface area contributed by atoms with Crippen LogP contribution in [0, 0.1) is 0 Å². The van der Waals surface area contributed by atoms with Gasteiger partial charge >= 0.3 is 11.9 Å². The molecule has 8 heteroatoms. The van der Waals surface area contributed by atoms with Gasteiger partial charge in [0.25, 0.3) is 0 Å². The van der Waals surface area contributed by atoms with Crippen molar-refractivity contribution in [3.63, 3.8) is 0 Å². The molecule has 0 fully saturated rings. The molecule has 0 saturated carbocycles. The molecule has 0 aliphatic carbocycles. The molecule has 0 amide bonds. The highest BCUT2D eigenvalue weighted by atomic mass is 35.5. The van der Waals surface area contributed by atoms with E-state index in [1.165, 1.54) is 11.1 Å². The van der Waals surface area contributed by atoms with Crippen LogP contribution in [-0.2, 0) is 23.2 Å². The van der Waals surface area contributed by atoms with Gasteiger partial charge in [0.15, 0.2) is 0 Å². The lowest BCUT2D eigenvalue weighted by molar-refractivity contribution is -0.159. The van der Waals surface area contributed by atoms with Gasteiger partial charge in [-0.15, -0.1) is 0 Å². The lowest BCUT2D eigenvalue weighted by Crippen LogP contribution is -2.09. The maximum absolute atomic E-state index is 9.10. The van der Waals surface area contributed by atoms with Crippen LogP contribution >= 0.6 is 11.6 Å². The molecule has 0 saturated heterocycles. The number of halogens is 1. The number of carboxylic acids is 2. The largest absolute Gasteiger partial charge is 0.473 e. The summed E-state index contributed by atoms with van der Waals surface area (Å²) >= 11 is 6.05. The number of nitrogens with one attached hydrogen (secondary N) is 1. The van der Waals surface area contributed by atoms with Crippen LogP contribution in [0.4, 0.5) is 5.95 Å². The van der Waals surface area contributed by atoms with Crippen LogP contribution in [-0.4, -0.2) is 31.7 Å². The minimum atomic E-state index is -1.82. The fourth-order valence-electron chi connectivity index (χ4n) is 3.13. The summed E-state index contributed by atoms with van der Waals surface area (Å²) in [4.78, 5) is 22.7. The summed E-state index contributed by atoms with van der Waals surface area (Å²) in [6.07, 6.45) is 1.90. The van der Waals surface area contributed by atoms with Gasteiger partial charge in [-0.25, -0.2) is 14.6 Å². The van der Waals surface area contributed by atoms with E-state index in [0.717, 1.165) is 27.8 Å². The molecule has 0 unspecified atom stereocenters. The van der Waals surface area contributed by atoms with Crippen LogP contribution < -0.4 is 5.32 Å². The van der Waals surface area contributed by atoms with E-state index in [0.29, 0.717) is 6.54 Å². The van der Waals surface area contributed by atoms with Crippen molar-refractivity contribution in [1.82, 2.24) is 9.55 Å². The Bertz CT molecular complexity index is 1230. The van der Waals surface area contributed by atoms with Crippen molar-refractivity contribution in [2.45, 2.75) is 6.54 Å². The molecule has 0 radical (unpaired) electrons. The Kier molecular flexibility index (Phi) is 7.83. The molecule has 1 heterocycles. The van der Waals surface area contributed by atoms with Gasteiger partial charge in [-0.05, 0) is 34.4 Å². The van der Waals surface area contributed by atoms with Gasteiger partial charge in [-0.2, -0.15) is 0 Å². The zero-order chi connectivity index (χ0) is 23.8. The Labute approximate surface area is 195 Å². The van der Waals surface area contributed by atoms with Crippen molar-refractivity contribution in [1.29, 1.82) is 0 Å². The van der Waals surface area contributed by atoms with E-state index in [1.807, 2.05) is 43.6 Å². The number of rotatable bonds is 5. The normalized spacial score (nSPS) is 10.1. The Morgan fingerprint density at radius 2 is 1.48 bits per heavy atom. The third kappa shape index (κ3) is 6.44. The van der Waals surface area contributed by atoms with E-state index in [2.05, 4.69) is 63.4 Å². The highest BCUT2D eigenvalue weighted by Gasteiger charge is 2.09. The molecule has 33 heavy (non-hydrogen) atoms. The van der Waals surface area contributed by atoms with Crippen molar-refractivity contribution >= 4 is 29.5 Å². The number of aliphatic carboxylic acids is 2. The van der Waals surface area contributed by atoms with Crippen LogP contribution in [0.1, 0.15) is 5.56 Å². The van der Waals surface area contributed by atoms with Gasteiger partial charge in [0, 0.05) is 18.6 Å². The van der Waals surface area contributed by atoms with Crippen LogP contribution in [0.3, 0.4) is 0 Å². The number of imidazole rings is 1. The summed E-state index contributed by atoms with van der Waals surface area (Å²) < 4.78 is 2.07. The second-order valence-electron chi connectivity index (χ2n) is 7.06. The summed E-state index contributed by atoms with van der Waals surface area (Å²) in [6.45, 7) is 0.678. The van der Waals surface area contributed by atoms with Crippen molar-refractivity contribution in [3.05, 3.63) is 95.6 Å². The zero-order valence-corrected chi connectivity index (χ0v) is 18.5. The lowest BCUT2D eigenvalue weighted by Gasteiger charge is -2.09. The number of hydrogen-bond donors (Lipinski definition) is 3. The third-order valence-corrected chi connectivity index (χ3v) is 5.03. The molecule has 0 atom stereocenters. The van der Waals surface area contributed by atoms with Crippen molar-refractivity contribution in [3.8, 4) is 22.4 Å². The monoisotopic (exact) mass is 463 g/mol. The fraction of sp³-hybridized carbons (Fsp3) is 0.0800. The molecular weight excluding hydrogens is 442 g/mol. The lowest BCUT2D eigenvalue weighted by atomic mass is 10.0. The number of benzene rings is 3. The molecule has 7 nitrogen and oxygen atoms in total. The molecule has 3 N–H and O–H groups in total. The minimum Gasteiger partial charge on any atom is -0.473 e. The van der Waals surface area contributed by atoms with Crippen molar-refractivity contribution in [2.75, 3.05) is 5.32 Å². The van der Waals surface area contributed by atoms with E-state index in [9.17, 15) is 0 Å². The summed E-state index contributed by atoms with van der Waals surface area (Å²) in [6, 6.07) is 26.8. The van der Waals surface area contributed by atoms with Crippen molar-refractivity contribution < 1.29 is 19.8 Å². The molecule has 168 valence electrons. The first kappa shape index (κ1) is 23.6. The van der Waals surface area contributed by atoms with E-state index in [1.54, 1.807) is 0 Å². The minimum absolute atomic E-state index is 0.678. The first-order valence-electron chi connectivity index (χ1n) is 9.97. The topological polar surface area (TPSA) is 104 Å². The molecule has 0 aliphatic heterocycles. The quantitative estimate of drug-likeness (QED) is 0.352. The van der Waals surface area contributed by atoms with E-state index < -0.39 is 11.9 Å². The van der Waals surface area contributed by atoms with E-state index in [-0.39, 0.29) is 0 Å². The number of carboxylic acid groups (broad SMARTS) is 2. The third-order valence-electron chi connectivity index (χ3n) is 4.80. The molecule has 4 rings (SSSR count). The number of carbonyl (C=O) groups is 2. The van der Waals surface area contributed by atoms with Gasteiger partial charge in [0.2, 0.25) is 5.95 Å². The number of nitrogens with zero attached hydrogens (tertiary/aromatic N) is 2. The van der Waals surface area contributed by atoms with Crippen molar-refractivity contribution in [2.24, 2.45) is 7.05 Å².